The number of methoxy groups -OCH3 is 2. The molecule has 1 unspecified atom stereocenters. The largest absolute Gasteiger partial charge is 0.493 e. The van der Waals surface area contributed by atoms with Crippen molar-refractivity contribution in [3.05, 3.63) is 58.9 Å². The maximum absolute atomic E-state index is 14.1. The van der Waals surface area contributed by atoms with Crippen molar-refractivity contribution in [1.82, 2.24) is 0 Å². The SMILES string of the molecule is COc1cc(F)c(C(O)c2ccccc2C)cc1OC. The molecule has 0 aliphatic rings. The predicted octanol–water partition coefficient (Wildman–Crippen LogP) is 3.23. The third-order valence-electron chi connectivity index (χ3n) is 3.28. The Labute approximate surface area is 117 Å². The Morgan fingerprint density at radius 2 is 1.60 bits per heavy atom. The second-order valence-electron chi connectivity index (χ2n) is 4.49. The Morgan fingerprint density at radius 3 is 2.20 bits per heavy atom. The normalized spacial score (nSPS) is 12.1. The average molecular weight is 276 g/mol. The van der Waals surface area contributed by atoms with E-state index in [2.05, 4.69) is 0 Å². The summed E-state index contributed by atoms with van der Waals surface area (Å²) in [4.78, 5) is 0. The highest BCUT2D eigenvalue weighted by Crippen LogP contribution is 2.35. The van der Waals surface area contributed by atoms with Crippen LogP contribution in [0.5, 0.6) is 11.5 Å². The van der Waals surface area contributed by atoms with Crippen LogP contribution in [0.15, 0.2) is 36.4 Å². The van der Waals surface area contributed by atoms with Crippen LogP contribution in [0, 0.1) is 12.7 Å². The fraction of sp³-hybridized carbons (Fsp3) is 0.250. The van der Waals surface area contributed by atoms with Gasteiger partial charge in [0.15, 0.2) is 11.5 Å². The summed E-state index contributed by atoms with van der Waals surface area (Å²) in [6, 6.07) is 10.0. The summed E-state index contributed by atoms with van der Waals surface area (Å²) in [5, 5.41) is 10.4. The molecule has 2 aromatic carbocycles. The first kappa shape index (κ1) is 14.3. The molecule has 0 saturated carbocycles. The van der Waals surface area contributed by atoms with Crippen molar-refractivity contribution in [2.45, 2.75) is 13.0 Å². The lowest BCUT2D eigenvalue weighted by Gasteiger charge is -2.17. The van der Waals surface area contributed by atoms with E-state index in [9.17, 15) is 9.50 Å². The highest BCUT2D eigenvalue weighted by Gasteiger charge is 2.20. The summed E-state index contributed by atoms with van der Waals surface area (Å²) in [5.41, 5.74) is 1.73. The van der Waals surface area contributed by atoms with Crippen molar-refractivity contribution in [3.8, 4) is 11.5 Å². The summed E-state index contributed by atoms with van der Waals surface area (Å²) in [6.45, 7) is 1.87. The number of hydrogen-bond acceptors (Lipinski definition) is 3. The van der Waals surface area contributed by atoms with Crippen molar-refractivity contribution in [2.24, 2.45) is 0 Å². The molecule has 20 heavy (non-hydrogen) atoms. The quantitative estimate of drug-likeness (QED) is 0.931. The van der Waals surface area contributed by atoms with Crippen LogP contribution in [0.2, 0.25) is 0 Å². The van der Waals surface area contributed by atoms with Crippen LogP contribution in [0.25, 0.3) is 0 Å². The third kappa shape index (κ3) is 2.60. The lowest BCUT2D eigenvalue weighted by Crippen LogP contribution is -2.05. The van der Waals surface area contributed by atoms with Gasteiger partial charge in [-0.2, -0.15) is 0 Å². The highest BCUT2D eigenvalue weighted by molar-refractivity contribution is 5.47. The fourth-order valence-corrected chi connectivity index (χ4v) is 2.14. The molecule has 0 aliphatic carbocycles. The van der Waals surface area contributed by atoms with Crippen LogP contribution >= 0.6 is 0 Å². The molecule has 0 radical (unpaired) electrons. The van der Waals surface area contributed by atoms with Gasteiger partial charge in [0.05, 0.1) is 14.2 Å². The maximum atomic E-state index is 14.1. The molecule has 0 spiro atoms. The van der Waals surface area contributed by atoms with Gasteiger partial charge in [-0.05, 0) is 24.1 Å². The molecule has 0 heterocycles. The summed E-state index contributed by atoms with van der Waals surface area (Å²) in [7, 11) is 2.91. The molecule has 0 saturated heterocycles. The number of rotatable bonds is 4. The van der Waals surface area contributed by atoms with Crippen LogP contribution in [-0.4, -0.2) is 19.3 Å². The Kier molecular flexibility index (Phi) is 4.25. The van der Waals surface area contributed by atoms with Crippen LogP contribution in [0.4, 0.5) is 4.39 Å². The molecule has 1 atom stereocenters. The van der Waals surface area contributed by atoms with Gasteiger partial charge in [0, 0.05) is 11.6 Å². The number of aliphatic hydroxyl groups excluding tert-OH is 1. The van der Waals surface area contributed by atoms with Crippen molar-refractivity contribution < 1.29 is 19.0 Å². The summed E-state index contributed by atoms with van der Waals surface area (Å²) in [5.74, 6) is 0.153. The van der Waals surface area contributed by atoms with Crippen LogP contribution in [-0.2, 0) is 0 Å². The number of ether oxygens (including phenoxy) is 2. The Morgan fingerprint density at radius 1 is 1.00 bits per heavy atom. The molecule has 4 heteroatoms. The van der Waals surface area contributed by atoms with Crippen LogP contribution < -0.4 is 9.47 Å². The Balaban J connectivity index is 2.50. The second-order valence-corrected chi connectivity index (χ2v) is 4.49. The zero-order valence-corrected chi connectivity index (χ0v) is 11.7. The molecule has 2 aromatic rings. The predicted molar refractivity (Wildman–Crippen MR) is 74.7 cm³/mol. The zero-order chi connectivity index (χ0) is 14.7. The first-order chi connectivity index (χ1) is 9.58. The molecule has 0 bridgehead atoms. The minimum atomic E-state index is -1.05. The van der Waals surface area contributed by atoms with E-state index >= 15 is 0 Å². The minimum absolute atomic E-state index is 0.164. The van der Waals surface area contributed by atoms with E-state index in [0.717, 1.165) is 5.56 Å². The van der Waals surface area contributed by atoms with Crippen LogP contribution in [0.1, 0.15) is 22.8 Å². The number of halogens is 1. The van der Waals surface area contributed by atoms with E-state index in [1.165, 1.54) is 26.4 Å². The van der Waals surface area contributed by atoms with Gasteiger partial charge >= 0.3 is 0 Å². The first-order valence-electron chi connectivity index (χ1n) is 6.23. The fourth-order valence-electron chi connectivity index (χ4n) is 2.14. The van der Waals surface area contributed by atoms with E-state index in [0.29, 0.717) is 17.1 Å². The van der Waals surface area contributed by atoms with E-state index < -0.39 is 11.9 Å². The molecule has 2 rings (SSSR count). The van der Waals surface area contributed by atoms with E-state index in [-0.39, 0.29) is 5.56 Å². The molecule has 3 nitrogen and oxygen atoms in total. The lowest BCUT2D eigenvalue weighted by atomic mass is 9.97. The molecule has 1 N–H and O–H groups in total. The number of hydrogen-bond donors (Lipinski definition) is 1. The van der Waals surface area contributed by atoms with E-state index in [1.807, 2.05) is 25.1 Å². The maximum Gasteiger partial charge on any atom is 0.163 e. The van der Waals surface area contributed by atoms with Crippen molar-refractivity contribution in [3.63, 3.8) is 0 Å². The van der Waals surface area contributed by atoms with Gasteiger partial charge in [-0.3, -0.25) is 0 Å². The van der Waals surface area contributed by atoms with E-state index in [1.54, 1.807) is 6.07 Å². The molecule has 0 amide bonds. The van der Waals surface area contributed by atoms with Gasteiger partial charge in [0.2, 0.25) is 0 Å². The van der Waals surface area contributed by atoms with Crippen molar-refractivity contribution >= 4 is 0 Å². The number of aliphatic hydroxyl groups is 1. The summed E-state index contributed by atoms with van der Waals surface area (Å²) >= 11 is 0. The molecule has 0 aromatic heterocycles. The average Bonchev–Trinajstić information content (AvgIpc) is 2.46. The summed E-state index contributed by atoms with van der Waals surface area (Å²) in [6.07, 6.45) is -1.05. The smallest absolute Gasteiger partial charge is 0.163 e. The standard InChI is InChI=1S/C16H17FO3/c1-10-6-4-5-7-11(10)16(18)12-8-14(19-2)15(20-3)9-13(12)17/h4-9,16,18H,1-3H3. The van der Waals surface area contributed by atoms with Gasteiger partial charge in [0.1, 0.15) is 11.9 Å². The second kappa shape index (κ2) is 5.92. The van der Waals surface area contributed by atoms with Gasteiger partial charge in [-0.25, -0.2) is 4.39 Å². The Bertz CT molecular complexity index is 611. The Hall–Kier alpha value is -2.07. The van der Waals surface area contributed by atoms with Gasteiger partial charge in [-0.1, -0.05) is 24.3 Å². The van der Waals surface area contributed by atoms with Gasteiger partial charge < -0.3 is 14.6 Å². The third-order valence-corrected chi connectivity index (χ3v) is 3.28. The molecular weight excluding hydrogens is 259 g/mol. The van der Waals surface area contributed by atoms with Crippen LogP contribution in [0.3, 0.4) is 0 Å². The number of aryl methyl sites for hydroxylation is 1. The molecular formula is C16H17FO3. The number of benzene rings is 2. The lowest BCUT2D eigenvalue weighted by molar-refractivity contribution is 0.213. The summed E-state index contributed by atoms with van der Waals surface area (Å²) < 4.78 is 24.3. The minimum Gasteiger partial charge on any atom is -0.493 e. The molecule has 106 valence electrons. The van der Waals surface area contributed by atoms with Crippen molar-refractivity contribution in [1.29, 1.82) is 0 Å². The topological polar surface area (TPSA) is 38.7 Å². The van der Waals surface area contributed by atoms with Gasteiger partial charge in [-0.15, -0.1) is 0 Å². The zero-order valence-electron chi connectivity index (χ0n) is 11.7. The van der Waals surface area contributed by atoms with Gasteiger partial charge in [0.25, 0.3) is 0 Å². The molecule has 0 aliphatic heterocycles. The first-order valence-corrected chi connectivity index (χ1v) is 6.23. The monoisotopic (exact) mass is 276 g/mol. The molecule has 0 fully saturated rings. The van der Waals surface area contributed by atoms with Crippen molar-refractivity contribution in [2.75, 3.05) is 14.2 Å². The highest BCUT2D eigenvalue weighted by atomic mass is 19.1. The van der Waals surface area contributed by atoms with E-state index in [4.69, 9.17) is 9.47 Å².